The van der Waals surface area contributed by atoms with Crippen LogP contribution < -0.4 is 10.2 Å². The Morgan fingerprint density at radius 1 is 1.19 bits per heavy atom. The normalized spacial score (nSPS) is 15.5. The maximum absolute atomic E-state index is 15.0. The molecular weight excluding hydrogens is 442 g/mol. The fourth-order valence-electron chi connectivity index (χ4n) is 3.59. The number of hydrogen-bond donors (Lipinski definition) is 1. The molecule has 0 radical (unpaired) electrons. The summed E-state index contributed by atoms with van der Waals surface area (Å²) in [6, 6.07) is 2.75. The van der Waals surface area contributed by atoms with Crippen LogP contribution in [0.2, 0.25) is 0 Å². The summed E-state index contributed by atoms with van der Waals surface area (Å²) in [5, 5.41) is 3.17. The summed E-state index contributed by atoms with van der Waals surface area (Å²) in [6.45, 7) is 11.6. The Labute approximate surface area is 188 Å². The van der Waals surface area contributed by atoms with Crippen LogP contribution in [-0.4, -0.2) is 24.4 Å². The third-order valence-electron chi connectivity index (χ3n) is 4.99. The van der Waals surface area contributed by atoms with E-state index in [-0.39, 0.29) is 23.9 Å². The number of aromatic nitrogens is 1. The van der Waals surface area contributed by atoms with Crippen molar-refractivity contribution in [3.63, 3.8) is 0 Å². The monoisotopic (exact) mass is 465 g/mol. The molecule has 0 spiro atoms. The first-order valence-electron chi connectivity index (χ1n) is 9.85. The summed E-state index contributed by atoms with van der Waals surface area (Å²) < 4.78 is 63.4. The summed E-state index contributed by atoms with van der Waals surface area (Å²) in [5.41, 5.74) is 1.16. The van der Waals surface area contributed by atoms with E-state index in [1.807, 2.05) is 0 Å². The van der Waals surface area contributed by atoms with E-state index in [0.29, 0.717) is 34.6 Å². The highest BCUT2D eigenvalue weighted by molar-refractivity contribution is 8.02. The Hall–Kier alpha value is -2.94. The second kappa shape index (κ2) is 9.68. The summed E-state index contributed by atoms with van der Waals surface area (Å²) in [4.78, 5) is 5.47. The van der Waals surface area contributed by atoms with Crippen molar-refractivity contribution >= 4 is 29.1 Å². The number of pyridine rings is 1. The molecule has 1 aromatic heterocycles. The van der Waals surface area contributed by atoms with Gasteiger partial charge < -0.3 is 10.1 Å². The second-order valence-electron chi connectivity index (χ2n) is 6.96. The third kappa shape index (κ3) is 4.21. The van der Waals surface area contributed by atoms with Crippen LogP contribution in [0.4, 0.5) is 34.9 Å². The largest absolute Gasteiger partial charge is 0.494 e. The van der Waals surface area contributed by atoms with Crippen molar-refractivity contribution in [3.8, 4) is 0 Å². The minimum absolute atomic E-state index is 0.195. The molecule has 0 aliphatic carbocycles. The minimum atomic E-state index is -1.10. The number of halogens is 4. The van der Waals surface area contributed by atoms with E-state index in [1.54, 1.807) is 20.1 Å². The Morgan fingerprint density at radius 2 is 1.88 bits per heavy atom. The maximum Gasteiger partial charge on any atom is 0.176 e. The lowest BCUT2D eigenvalue weighted by atomic mass is 9.87. The first-order chi connectivity index (χ1) is 15.2. The highest BCUT2D eigenvalue weighted by Gasteiger charge is 2.36. The zero-order valence-electron chi connectivity index (χ0n) is 17.9. The Balaban J connectivity index is 2.34. The van der Waals surface area contributed by atoms with Gasteiger partial charge in [-0.25, -0.2) is 22.5 Å². The van der Waals surface area contributed by atoms with Crippen LogP contribution in [0.15, 0.2) is 53.8 Å². The van der Waals surface area contributed by atoms with Crippen molar-refractivity contribution < 1.29 is 22.3 Å². The molecule has 170 valence electrons. The van der Waals surface area contributed by atoms with Crippen LogP contribution in [0.25, 0.3) is 0 Å². The van der Waals surface area contributed by atoms with Gasteiger partial charge in [0, 0.05) is 30.2 Å². The molecule has 1 unspecified atom stereocenters. The van der Waals surface area contributed by atoms with Crippen molar-refractivity contribution in [3.05, 3.63) is 82.6 Å². The fraction of sp³-hybridized carbons (Fsp3) is 0.261. The number of nitrogens with one attached hydrogen (secondary N) is 1. The van der Waals surface area contributed by atoms with E-state index < -0.39 is 29.2 Å². The maximum atomic E-state index is 15.0. The molecule has 1 aromatic carbocycles. The van der Waals surface area contributed by atoms with E-state index in [9.17, 15) is 13.2 Å². The average molecular weight is 466 g/mol. The molecule has 1 aliphatic rings. The van der Waals surface area contributed by atoms with Crippen LogP contribution in [-0.2, 0) is 4.74 Å². The predicted molar refractivity (Wildman–Crippen MR) is 121 cm³/mol. The van der Waals surface area contributed by atoms with E-state index in [1.165, 1.54) is 22.7 Å². The van der Waals surface area contributed by atoms with Gasteiger partial charge in [0.1, 0.15) is 5.76 Å². The number of nitrogens with zero attached hydrogens (tertiary/aromatic N) is 2. The molecule has 4 nitrogen and oxygen atoms in total. The second-order valence-corrected chi connectivity index (χ2v) is 7.75. The topological polar surface area (TPSA) is 37.4 Å². The lowest BCUT2D eigenvalue weighted by Gasteiger charge is -2.37. The van der Waals surface area contributed by atoms with Crippen LogP contribution in [0, 0.1) is 23.3 Å². The molecule has 9 heteroatoms. The summed E-state index contributed by atoms with van der Waals surface area (Å²) in [7, 11) is 0. The first-order valence-corrected chi connectivity index (χ1v) is 11.1. The lowest BCUT2D eigenvalue weighted by molar-refractivity contribution is 0.236. The molecule has 0 fully saturated rings. The van der Waals surface area contributed by atoms with Gasteiger partial charge in [0.2, 0.25) is 0 Å². The van der Waals surface area contributed by atoms with Crippen molar-refractivity contribution in [2.45, 2.75) is 19.8 Å². The number of benzene rings is 1. The highest BCUT2D eigenvalue weighted by Crippen LogP contribution is 2.50. The van der Waals surface area contributed by atoms with Gasteiger partial charge in [-0.1, -0.05) is 19.6 Å². The Kier molecular flexibility index (Phi) is 7.18. The molecule has 1 N–H and O–H groups in total. The zero-order chi connectivity index (χ0) is 23.6. The van der Waals surface area contributed by atoms with Crippen LogP contribution in [0.5, 0.6) is 0 Å². The first kappa shape index (κ1) is 23.7. The van der Waals surface area contributed by atoms with Crippen LogP contribution in [0.1, 0.15) is 25.3 Å². The fourth-order valence-corrected chi connectivity index (χ4v) is 4.47. The minimum Gasteiger partial charge on any atom is -0.494 e. The Bertz CT molecular complexity index is 1100. The van der Waals surface area contributed by atoms with Crippen molar-refractivity contribution in [2.75, 3.05) is 29.6 Å². The molecule has 0 saturated carbocycles. The number of thioether (sulfide) groups is 1. The van der Waals surface area contributed by atoms with Gasteiger partial charge in [-0.2, -0.15) is 0 Å². The van der Waals surface area contributed by atoms with Gasteiger partial charge >= 0.3 is 0 Å². The summed E-state index contributed by atoms with van der Waals surface area (Å²) >= 11 is 1.24. The molecule has 0 bridgehead atoms. The summed E-state index contributed by atoms with van der Waals surface area (Å²) in [5.74, 6) is -4.58. The molecule has 32 heavy (non-hydrogen) atoms. The van der Waals surface area contributed by atoms with Crippen molar-refractivity contribution in [2.24, 2.45) is 0 Å². The van der Waals surface area contributed by atoms with Crippen LogP contribution in [0.3, 0.4) is 0 Å². The molecule has 1 aliphatic heterocycles. The number of allylic oxidation sites excluding steroid dienone is 1. The van der Waals surface area contributed by atoms with Crippen LogP contribution >= 0.6 is 11.8 Å². The predicted octanol–water partition coefficient (Wildman–Crippen LogP) is 6.62. The highest BCUT2D eigenvalue weighted by atomic mass is 32.2. The van der Waals surface area contributed by atoms with Gasteiger partial charge in [-0.3, -0.25) is 4.90 Å². The smallest absolute Gasteiger partial charge is 0.176 e. The van der Waals surface area contributed by atoms with E-state index in [4.69, 9.17) is 4.74 Å². The zero-order valence-corrected chi connectivity index (χ0v) is 18.8. The number of rotatable bonds is 8. The molecule has 0 saturated heterocycles. The van der Waals surface area contributed by atoms with Crippen molar-refractivity contribution in [1.82, 2.24) is 4.98 Å². The van der Waals surface area contributed by atoms with Gasteiger partial charge in [0.15, 0.2) is 34.9 Å². The number of ether oxygens (including phenoxy) is 1. The average Bonchev–Trinajstić information content (AvgIpc) is 2.75. The molecule has 1 atom stereocenters. The van der Waals surface area contributed by atoms with E-state index >= 15 is 4.39 Å². The van der Waals surface area contributed by atoms with E-state index in [2.05, 4.69) is 23.5 Å². The van der Waals surface area contributed by atoms with E-state index in [0.717, 1.165) is 12.1 Å². The summed E-state index contributed by atoms with van der Waals surface area (Å²) in [6.07, 6.45) is 3.25. The lowest BCUT2D eigenvalue weighted by Crippen LogP contribution is -2.28. The molecule has 2 heterocycles. The third-order valence-corrected chi connectivity index (χ3v) is 5.78. The Morgan fingerprint density at radius 3 is 2.50 bits per heavy atom. The van der Waals surface area contributed by atoms with Gasteiger partial charge in [-0.05, 0) is 24.8 Å². The number of anilines is 3. The quantitative estimate of drug-likeness (QED) is 0.270. The van der Waals surface area contributed by atoms with Gasteiger partial charge in [-0.15, -0.1) is 18.3 Å². The van der Waals surface area contributed by atoms with Gasteiger partial charge in [0.25, 0.3) is 0 Å². The molecular formula is C23H23F4N3OS. The van der Waals surface area contributed by atoms with Crippen molar-refractivity contribution in [1.29, 1.82) is 0 Å². The molecule has 2 aromatic rings. The molecule has 3 rings (SSSR count). The number of hydrogen-bond acceptors (Lipinski definition) is 5. The number of fused-ring (bicyclic) bond motifs is 1. The SMILES string of the molecule is C=CCNc1nc(N2C(SC)=C(C(=C)OCC)C(C)c3cc(F)c(F)cc32)c(F)cc1F. The molecule has 0 amide bonds. The standard InChI is InChI=1S/C23H23F4N3OS/c1-6-8-28-21-17(26)10-18(27)22(29-21)30-19-11-16(25)15(24)9-14(19)12(3)20(23(30)32-5)13(4)31-7-2/h6,9-12H,1,4,7-8H2,2-3,5H3,(H,28,29). The van der Waals surface area contributed by atoms with Gasteiger partial charge in [0.05, 0.1) is 17.3 Å².